The highest BCUT2D eigenvalue weighted by molar-refractivity contribution is 7.62. The van der Waals surface area contributed by atoms with E-state index in [1.807, 2.05) is 0 Å². The summed E-state index contributed by atoms with van der Waals surface area (Å²) in [5.41, 5.74) is -1.28. The first-order valence-corrected chi connectivity index (χ1v) is 6.85. The highest BCUT2D eigenvalue weighted by atomic mass is 31.2. The second-order valence-electron chi connectivity index (χ2n) is 4.23. The van der Waals surface area contributed by atoms with Gasteiger partial charge in [0.1, 0.15) is 12.2 Å². The number of carbonyl (C=O) groups is 2. The zero-order chi connectivity index (χ0) is 12.5. The summed E-state index contributed by atoms with van der Waals surface area (Å²) in [6, 6.07) is 0. The molecule has 0 aromatic heterocycles. The van der Waals surface area contributed by atoms with Crippen molar-refractivity contribution in [3.8, 4) is 0 Å². The smallest absolute Gasteiger partial charge is 0.256 e. The molecule has 0 aromatic rings. The third kappa shape index (κ3) is 2.86. The zero-order valence-corrected chi connectivity index (χ0v) is 10.8. The van der Waals surface area contributed by atoms with Gasteiger partial charge in [0.05, 0.1) is 0 Å². The van der Waals surface area contributed by atoms with Gasteiger partial charge in [0.15, 0.2) is 11.6 Å². The molecule has 0 spiro atoms. The first-order chi connectivity index (χ1) is 7.26. The highest BCUT2D eigenvalue weighted by Gasteiger charge is 2.52. The average Bonchev–Trinajstić information content (AvgIpc) is 1.96. The molecule has 1 saturated heterocycles. The zero-order valence-electron chi connectivity index (χ0n) is 9.93. The predicted molar refractivity (Wildman–Crippen MR) is 57.8 cm³/mol. The normalized spacial score (nSPS) is 35.1. The Balaban J connectivity index is 2.97. The molecular formula is C10H17O5P. The van der Waals surface area contributed by atoms with Gasteiger partial charge in [-0.3, -0.25) is 9.59 Å². The van der Waals surface area contributed by atoms with E-state index in [4.69, 9.17) is 9.05 Å². The summed E-state index contributed by atoms with van der Waals surface area (Å²) in [7, 11) is -3.65. The van der Waals surface area contributed by atoms with Crippen molar-refractivity contribution < 1.29 is 23.5 Å². The maximum atomic E-state index is 12.4. The van der Waals surface area contributed by atoms with Gasteiger partial charge < -0.3 is 4.89 Å². The molecule has 0 aromatic carbocycles. The second kappa shape index (κ2) is 4.88. The van der Waals surface area contributed by atoms with E-state index >= 15 is 0 Å². The molecule has 6 heteroatoms. The molecule has 1 aliphatic heterocycles. The second-order valence-corrected chi connectivity index (χ2v) is 6.25. The van der Waals surface area contributed by atoms with Crippen LogP contribution in [-0.4, -0.2) is 29.4 Å². The summed E-state index contributed by atoms with van der Waals surface area (Å²) in [6.07, 6.45) is 0.0681. The summed E-state index contributed by atoms with van der Waals surface area (Å²) >= 11 is 0. The molecule has 5 nitrogen and oxygen atoms in total. The number of rotatable bonds is 3. The molecule has 0 amide bonds. The van der Waals surface area contributed by atoms with Crippen molar-refractivity contribution in [2.75, 3.05) is 0 Å². The van der Waals surface area contributed by atoms with E-state index in [1.54, 1.807) is 13.8 Å². The lowest BCUT2D eigenvalue weighted by Gasteiger charge is -2.39. The Morgan fingerprint density at radius 3 is 1.88 bits per heavy atom. The minimum atomic E-state index is -3.65. The molecule has 1 aliphatic rings. The molecule has 16 heavy (non-hydrogen) atoms. The molecule has 1 fully saturated rings. The van der Waals surface area contributed by atoms with Crippen LogP contribution >= 0.6 is 7.94 Å². The number of ketones is 2. The van der Waals surface area contributed by atoms with Crippen LogP contribution in [0.1, 0.15) is 34.1 Å². The Bertz CT molecular complexity index is 280. The van der Waals surface area contributed by atoms with Crippen molar-refractivity contribution >= 4 is 19.5 Å². The molecule has 0 unspecified atom stereocenters. The molecule has 2 atom stereocenters. The van der Waals surface area contributed by atoms with Crippen molar-refractivity contribution in [1.29, 1.82) is 0 Å². The van der Waals surface area contributed by atoms with Crippen LogP contribution in [0.25, 0.3) is 0 Å². The van der Waals surface area contributed by atoms with E-state index in [9.17, 15) is 14.5 Å². The number of Topliss-reactive ketones (excluding diaryl/α,β-unsaturated/α-hetero) is 2. The van der Waals surface area contributed by atoms with E-state index < -0.39 is 25.2 Å². The van der Waals surface area contributed by atoms with E-state index in [-0.39, 0.29) is 12.2 Å². The van der Waals surface area contributed by atoms with Crippen molar-refractivity contribution in [2.45, 2.75) is 52.0 Å². The Morgan fingerprint density at radius 2 is 1.56 bits per heavy atom. The minimum Gasteiger partial charge on any atom is -0.630 e. The van der Waals surface area contributed by atoms with Crippen LogP contribution in [0.15, 0.2) is 0 Å². The van der Waals surface area contributed by atoms with Gasteiger partial charge in [-0.15, -0.1) is 0 Å². The molecule has 0 N–H and O–H groups in total. The van der Waals surface area contributed by atoms with Gasteiger partial charge in [-0.25, -0.2) is 9.05 Å². The Hall–Kier alpha value is -0.350. The van der Waals surface area contributed by atoms with Crippen LogP contribution in [0, 0.1) is 0 Å². The molecule has 92 valence electrons. The van der Waals surface area contributed by atoms with E-state index in [0.717, 1.165) is 0 Å². The minimum absolute atomic E-state index is 0.268. The SMILES string of the molecule is CC(=O)C(C(C)=O)[P+]1([O-])O[C@@H](C)C[C@H](C)O1. The lowest BCUT2D eigenvalue weighted by Crippen LogP contribution is -2.43. The topological polar surface area (TPSA) is 75.7 Å². The summed E-state index contributed by atoms with van der Waals surface area (Å²) in [5, 5.41) is 0. The number of carbonyl (C=O) groups excluding carboxylic acids is 2. The first-order valence-electron chi connectivity index (χ1n) is 5.23. The third-order valence-electron chi connectivity index (χ3n) is 2.40. The molecule has 1 heterocycles. The van der Waals surface area contributed by atoms with Crippen LogP contribution in [-0.2, 0) is 18.6 Å². The predicted octanol–water partition coefficient (Wildman–Crippen LogP) is 0.870. The fourth-order valence-electron chi connectivity index (χ4n) is 1.93. The van der Waals surface area contributed by atoms with Gasteiger partial charge in [0, 0.05) is 6.42 Å². The fraction of sp³-hybridized carbons (Fsp3) is 0.800. The van der Waals surface area contributed by atoms with E-state index in [2.05, 4.69) is 0 Å². The lowest BCUT2D eigenvalue weighted by atomic mass is 10.2. The third-order valence-corrected chi connectivity index (χ3v) is 5.07. The molecule has 0 saturated carbocycles. The van der Waals surface area contributed by atoms with Crippen molar-refractivity contribution in [1.82, 2.24) is 0 Å². The van der Waals surface area contributed by atoms with Gasteiger partial charge in [0.2, 0.25) is 5.66 Å². The molecule has 0 aliphatic carbocycles. The first kappa shape index (κ1) is 13.7. The summed E-state index contributed by atoms with van der Waals surface area (Å²) in [4.78, 5) is 35.1. The summed E-state index contributed by atoms with van der Waals surface area (Å²) in [5.74, 6) is -0.950. The number of hydrogen-bond acceptors (Lipinski definition) is 5. The summed E-state index contributed by atoms with van der Waals surface area (Å²) < 4.78 is 10.4. The van der Waals surface area contributed by atoms with E-state index in [0.29, 0.717) is 6.42 Å². The van der Waals surface area contributed by atoms with Gasteiger partial charge in [0.25, 0.3) is 7.94 Å². The largest absolute Gasteiger partial charge is 0.630 e. The van der Waals surface area contributed by atoms with Crippen LogP contribution in [0.4, 0.5) is 0 Å². The van der Waals surface area contributed by atoms with Gasteiger partial charge in [-0.2, -0.15) is 0 Å². The van der Waals surface area contributed by atoms with Crippen LogP contribution in [0.2, 0.25) is 0 Å². The van der Waals surface area contributed by atoms with Crippen LogP contribution in [0.5, 0.6) is 0 Å². The molecule has 0 bridgehead atoms. The maximum Gasteiger partial charge on any atom is 0.256 e. The lowest BCUT2D eigenvalue weighted by molar-refractivity contribution is -0.237. The van der Waals surface area contributed by atoms with Crippen LogP contribution < -0.4 is 4.89 Å². The molecular weight excluding hydrogens is 231 g/mol. The highest BCUT2D eigenvalue weighted by Crippen LogP contribution is 2.62. The fourth-order valence-corrected chi connectivity index (χ4v) is 4.29. The Labute approximate surface area is 95.7 Å². The standard InChI is InChI=1S/C10H17O5P/c1-6-5-7(2)15-16(13,14-6)10(8(3)11)9(4)12/h6-7,10H,5H2,1-4H3/t6-,7-/m0/s1. The molecule has 0 radical (unpaired) electrons. The Kier molecular flexibility index (Phi) is 4.18. The van der Waals surface area contributed by atoms with Crippen LogP contribution in [0.3, 0.4) is 0 Å². The summed E-state index contributed by atoms with van der Waals surface area (Å²) in [6.45, 7) is 5.96. The van der Waals surface area contributed by atoms with Crippen molar-refractivity contribution in [2.24, 2.45) is 0 Å². The maximum absolute atomic E-state index is 12.4. The average molecular weight is 248 g/mol. The van der Waals surface area contributed by atoms with Crippen molar-refractivity contribution in [3.05, 3.63) is 0 Å². The van der Waals surface area contributed by atoms with Crippen molar-refractivity contribution in [3.63, 3.8) is 0 Å². The monoisotopic (exact) mass is 248 g/mol. The van der Waals surface area contributed by atoms with Gasteiger partial charge in [-0.1, -0.05) is 0 Å². The quantitative estimate of drug-likeness (QED) is 0.547. The Morgan fingerprint density at radius 1 is 1.19 bits per heavy atom. The van der Waals surface area contributed by atoms with Gasteiger partial charge in [-0.05, 0) is 27.7 Å². The molecule has 1 rings (SSSR count). The number of hydrogen-bond donors (Lipinski definition) is 0. The van der Waals surface area contributed by atoms with E-state index in [1.165, 1.54) is 13.8 Å². The van der Waals surface area contributed by atoms with Gasteiger partial charge >= 0.3 is 0 Å².